The lowest BCUT2D eigenvalue weighted by Gasteiger charge is -2.29. The largest absolute Gasteiger partial charge is 0.346 e. The fraction of sp³-hybridized carbons (Fsp3) is 0.409. The van der Waals surface area contributed by atoms with Gasteiger partial charge in [0.25, 0.3) is 5.91 Å². The number of nitrogens with one attached hydrogen (secondary N) is 1. The van der Waals surface area contributed by atoms with E-state index in [9.17, 15) is 17.6 Å². The summed E-state index contributed by atoms with van der Waals surface area (Å²) in [6.45, 7) is 6.70. The van der Waals surface area contributed by atoms with Crippen molar-refractivity contribution in [3.63, 3.8) is 0 Å². The molecular weight excluding hydrogens is 391 g/mol. The number of carbonyl (C=O) groups is 1. The van der Waals surface area contributed by atoms with E-state index in [4.69, 9.17) is 0 Å². The predicted molar refractivity (Wildman–Crippen MR) is 111 cm³/mol. The second kappa shape index (κ2) is 8.63. The average molecular weight is 419 g/mol. The number of aryl methyl sites for hydroxylation is 1. The van der Waals surface area contributed by atoms with Crippen LogP contribution in [0.3, 0.4) is 0 Å². The minimum absolute atomic E-state index is 0.136. The predicted octanol–water partition coefficient (Wildman–Crippen LogP) is 4.05. The topological polar surface area (TPSA) is 66.5 Å². The molecule has 1 aliphatic heterocycles. The summed E-state index contributed by atoms with van der Waals surface area (Å²) in [6, 6.07) is 10.3. The Hall–Kier alpha value is -2.25. The van der Waals surface area contributed by atoms with E-state index in [1.807, 2.05) is 0 Å². The number of piperidine rings is 1. The van der Waals surface area contributed by atoms with Crippen LogP contribution in [0.4, 0.5) is 4.39 Å². The van der Waals surface area contributed by atoms with Gasteiger partial charge in [-0.1, -0.05) is 25.1 Å². The van der Waals surface area contributed by atoms with Crippen LogP contribution >= 0.6 is 0 Å². The highest BCUT2D eigenvalue weighted by atomic mass is 32.2. The normalized spacial score (nSPS) is 17.1. The van der Waals surface area contributed by atoms with Crippen molar-refractivity contribution in [3.8, 4) is 0 Å². The van der Waals surface area contributed by atoms with Crippen LogP contribution in [-0.4, -0.2) is 31.7 Å². The lowest BCUT2D eigenvalue weighted by molar-refractivity contribution is 0.0939. The zero-order valence-corrected chi connectivity index (χ0v) is 17.8. The first-order valence-corrected chi connectivity index (χ1v) is 11.3. The lowest BCUT2D eigenvalue weighted by Crippen LogP contribution is -2.38. The number of halogens is 1. The van der Waals surface area contributed by atoms with Crippen LogP contribution in [0, 0.1) is 18.7 Å². The molecule has 0 unspecified atom stereocenters. The van der Waals surface area contributed by atoms with Crippen LogP contribution < -0.4 is 5.32 Å². The highest BCUT2D eigenvalue weighted by Crippen LogP contribution is 2.25. The summed E-state index contributed by atoms with van der Waals surface area (Å²) in [7, 11) is -3.63. The summed E-state index contributed by atoms with van der Waals surface area (Å²) in [4.78, 5) is 13.0. The van der Waals surface area contributed by atoms with Gasteiger partial charge < -0.3 is 5.32 Å². The van der Waals surface area contributed by atoms with Gasteiger partial charge in [-0.15, -0.1) is 0 Å². The Labute approximate surface area is 172 Å². The van der Waals surface area contributed by atoms with Gasteiger partial charge in [0.2, 0.25) is 10.0 Å². The summed E-state index contributed by atoms with van der Waals surface area (Å²) in [6.07, 6.45) is 1.68. The monoisotopic (exact) mass is 418 g/mol. The van der Waals surface area contributed by atoms with Crippen molar-refractivity contribution in [2.24, 2.45) is 5.92 Å². The molecule has 0 spiro atoms. The number of rotatable bonds is 5. The minimum atomic E-state index is -3.63. The highest BCUT2D eigenvalue weighted by Gasteiger charge is 2.29. The summed E-state index contributed by atoms with van der Waals surface area (Å²) < 4.78 is 40.6. The molecule has 3 rings (SSSR count). The maximum absolute atomic E-state index is 13.1. The Balaban J connectivity index is 1.81. The molecule has 0 radical (unpaired) electrons. The molecule has 1 atom stereocenters. The molecule has 5 nitrogen and oxygen atoms in total. The van der Waals surface area contributed by atoms with Crippen molar-refractivity contribution >= 4 is 15.9 Å². The maximum atomic E-state index is 13.1. The highest BCUT2D eigenvalue weighted by molar-refractivity contribution is 7.89. The Morgan fingerprint density at radius 3 is 2.38 bits per heavy atom. The van der Waals surface area contributed by atoms with Crippen LogP contribution in [0.25, 0.3) is 0 Å². The number of benzene rings is 2. The maximum Gasteiger partial charge on any atom is 0.252 e. The van der Waals surface area contributed by atoms with Gasteiger partial charge in [-0.05, 0) is 68.0 Å². The van der Waals surface area contributed by atoms with Gasteiger partial charge in [-0.2, -0.15) is 4.31 Å². The third kappa shape index (κ3) is 4.85. The Kier molecular flexibility index (Phi) is 6.39. The lowest BCUT2D eigenvalue weighted by atomic mass is 10.0. The third-order valence-electron chi connectivity index (χ3n) is 5.55. The van der Waals surface area contributed by atoms with E-state index in [2.05, 4.69) is 12.2 Å². The molecule has 1 saturated heterocycles. The summed E-state index contributed by atoms with van der Waals surface area (Å²) >= 11 is 0. The summed E-state index contributed by atoms with van der Waals surface area (Å²) in [5, 5.41) is 2.87. The van der Waals surface area contributed by atoms with E-state index < -0.39 is 10.0 Å². The Morgan fingerprint density at radius 1 is 1.14 bits per heavy atom. The Morgan fingerprint density at radius 2 is 1.76 bits per heavy atom. The molecule has 7 heteroatoms. The van der Waals surface area contributed by atoms with Crippen molar-refractivity contribution in [2.45, 2.75) is 44.6 Å². The van der Waals surface area contributed by atoms with Crippen LogP contribution in [0.5, 0.6) is 0 Å². The zero-order chi connectivity index (χ0) is 21.2. The van der Waals surface area contributed by atoms with E-state index in [1.165, 1.54) is 22.5 Å². The molecular formula is C22H27FN2O3S. The Bertz CT molecular complexity index is 982. The molecule has 1 amide bonds. The molecule has 0 aliphatic carbocycles. The molecule has 0 bridgehead atoms. The second-order valence-electron chi connectivity index (χ2n) is 7.81. The van der Waals surface area contributed by atoms with Gasteiger partial charge in [0.1, 0.15) is 5.82 Å². The standard InChI is InChI=1S/C22H27FN2O3S/c1-15-10-12-25(13-11-15)29(27,28)20-9-4-16(2)21(14-20)22(26)24-17(3)18-5-7-19(23)8-6-18/h4-9,14-15,17H,10-13H2,1-3H3,(H,24,26)/t17-/m1/s1. The molecule has 1 N–H and O–H groups in total. The summed E-state index contributed by atoms with van der Waals surface area (Å²) in [5.41, 5.74) is 1.79. The summed E-state index contributed by atoms with van der Waals surface area (Å²) in [5.74, 6) is -0.175. The number of nitrogens with zero attached hydrogens (tertiary/aromatic N) is 1. The number of hydrogen-bond donors (Lipinski definition) is 1. The molecule has 0 saturated carbocycles. The van der Waals surface area contributed by atoms with E-state index >= 15 is 0 Å². The molecule has 156 valence electrons. The van der Waals surface area contributed by atoms with E-state index in [0.717, 1.165) is 18.4 Å². The molecule has 29 heavy (non-hydrogen) atoms. The van der Waals surface area contributed by atoms with Gasteiger partial charge in [0, 0.05) is 18.7 Å². The van der Waals surface area contributed by atoms with E-state index in [1.54, 1.807) is 38.1 Å². The first-order chi connectivity index (χ1) is 13.7. The number of sulfonamides is 1. The van der Waals surface area contributed by atoms with Crippen molar-refractivity contribution in [3.05, 3.63) is 65.0 Å². The SMILES string of the molecule is Cc1ccc(S(=O)(=O)N2CCC(C)CC2)cc1C(=O)N[C@H](C)c1ccc(F)cc1. The molecule has 2 aromatic rings. The van der Waals surface area contributed by atoms with Crippen LogP contribution in [-0.2, 0) is 10.0 Å². The number of carbonyl (C=O) groups excluding carboxylic acids is 1. The van der Waals surface area contributed by atoms with E-state index in [0.29, 0.717) is 30.1 Å². The van der Waals surface area contributed by atoms with Crippen LogP contribution in [0.1, 0.15) is 54.2 Å². The van der Waals surface area contributed by atoms with Gasteiger partial charge in [-0.25, -0.2) is 12.8 Å². The molecule has 1 fully saturated rings. The van der Waals surface area contributed by atoms with Crippen molar-refractivity contribution in [2.75, 3.05) is 13.1 Å². The van der Waals surface area contributed by atoms with Crippen LogP contribution in [0.15, 0.2) is 47.4 Å². The van der Waals surface area contributed by atoms with Crippen molar-refractivity contribution in [1.82, 2.24) is 9.62 Å². The van der Waals surface area contributed by atoms with Gasteiger partial charge in [0.15, 0.2) is 0 Å². The fourth-order valence-electron chi connectivity index (χ4n) is 3.49. The van der Waals surface area contributed by atoms with Crippen LogP contribution in [0.2, 0.25) is 0 Å². The van der Waals surface area contributed by atoms with Crippen molar-refractivity contribution in [1.29, 1.82) is 0 Å². The first-order valence-electron chi connectivity index (χ1n) is 9.85. The van der Waals surface area contributed by atoms with Gasteiger partial charge in [-0.3, -0.25) is 4.79 Å². The van der Waals surface area contributed by atoms with Gasteiger partial charge >= 0.3 is 0 Å². The van der Waals surface area contributed by atoms with E-state index in [-0.39, 0.29) is 22.7 Å². The zero-order valence-electron chi connectivity index (χ0n) is 17.0. The average Bonchev–Trinajstić information content (AvgIpc) is 2.68. The van der Waals surface area contributed by atoms with Gasteiger partial charge in [0.05, 0.1) is 10.9 Å². The number of amides is 1. The molecule has 2 aromatic carbocycles. The first kappa shape index (κ1) is 21.5. The number of hydrogen-bond acceptors (Lipinski definition) is 3. The third-order valence-corrected chi connectivity index (χ3v) is 7.45. The quantitative estimate of drug-likeness (QED) is 0.797. The molecule has 0 aromatic heterocycles. The smallest absolute Gasteiger partial charge is 0.252 e. The molecule has 1 aliphatic rings. The fourth-order valence-corrected chi connectivity index (χ4v) is 4.99. The van der Waals surface area contributed by atoms with Crippen molar-refractivity contribution < 1.29 is 17.6 Å². The second-order valence-corrected chi connectivity index (χ2v) is 9.75. The molecule has 1 heterocycles. The minimum Gasteiger partial charge on any atom is -0.346 e.